The minimum absolute atomic E-state index is 0.156. The lowest BCUT2D eigenvalue weighted by molar-refractivity contribution is -0.0498. The zero-order valence-electron chi connectivity index (χ0n) is 9.95. The van der Waals surface area contributed by atoms with Gasteiger partial charge < -0.3 is 14.8 Å². The lowest BCUT2D eigenvalue weighted by Crippen LogP contribution is -2.13. The first-order valence-electron chi connectivity index (χ1n) is 5.48. The zero-order chi connectivity index (χ0) is 12.7. The van der Waals surface area contributed by atoms with Gasteiger partial charge in [-0.25, -0.2) is 0 Å². The van der Waals surface area contributed by atoms with Crippen LogP contribution in [-0.4, -0.2) is 25.9 Å². The van der Waals surface area contributed by atoms with E-state index in [0.717, 1.165) is 5.69 Å². The molecule has 1 aromatic rings. The van der Waals surface area contributed by atoms with Gasteiger partial charge in [0.05, 0.1) is 12.7 Å². The van der Waals surface area contributed by atoms with Crippen molar-refractivity contribution in [3.63, 3.8) is 0 Å². The van der Waals surface area contributed by atoms with Crippen molar-refractivity contribution in [2.45, 2.75) is 26.6 Å². The minimum Gasteiger partial charge on any atom is -0.435 e. The van der Waals surface area contributed by atoms with E-state index in [1.165, 1.54) is 12.1 Å². The summed E-state index contributed by atoms with van der Waals surface area (Å²) in [5.41, 5.74) is 0.846. The fourth-order valence-corrected chi connectivity index (χ4v) is 1.24. The van der Waals surface area contributed by atoms with Crippen molar-refractivity contribution in [2.75, 3.05) is 18.5 Å². The molecular formula is C12H17F2NO2. The number of anilines is 1. The predicted octanol–water partition coefficient (Wildman–Crippen LogP) is 3.12. The second kappa shape index (κ2) is 7.06. The van der Waals surface area contributed by atoms with Gasteiger partial charge in [0.15, 0.2) is 0 Å². The summed E-state index contributed by atoms with van der Waals surface area (Å²) in [6.45, 7) is 2.43. The fraction of sp³-hybridized carbons (Fsp3) is 0.500. The van der Waals surface area contributed by atoms with Crippen LogP contribution in [0.2, 0.25) is 0 Å². The van der Waals surface area contributed by atoms with Gasteiger partial charge in [-0.2, -0.15) is 8.78 Å². The van der Waals surface area contributed by atoms with Crippen LogP contribution in [-0.2, 0) is 4.74 Å². The van der Waals surface area contributed by atoms with Gasteiger partial charge in [-0.3, -0.25) is 0 Å². The fourth-order valence-electron chi connectivity index (χ4n) is 1.24. The standard InChI is InChI=1S/C12H17F2NO2/c1-9(2)16-8-7-15-10-3-5-11(6-4-10)17-12(13)14/h3-6,9,12,15H,7-8H2,1-2H3. The van der Waals surface area contributed by atoms with Gasteiger partial charge in [-0.1, -0.05) is 0 Å². The molecule has 1 rings (SSSR count). The van der Waals surface area contributed by atoms with E-state index in [-0.39, 0.29) is 11.9 Å². The number of alkyl halides is 2. The molecule has 0 aromatic heterocycles. The molecule has 0 bridgehead atoms. The molecule has 0 aliphatic rings. The SMILES string of the molecule is CC(C)OCCNc1ccc(OC(F)F)cc1. The molecule has 1 N–H and O–H groups in total. The molecule has 0 saturated heterocycles. The Hall–Kier alpha value is -1.36. The lowest BCUT2D eigenvalue weighted by atomic mass is 10.3. The van der Waals surface area contributed by atoms with Crippen LogP contribution in [0.15, 0.2) is 24.3 Å². The number of benzene rings is 1. The van der Waals surface area contributed by atoms with Crippen molar-refractivity contribution in [3.05, 3.63) is 24.3 Å². The van der Waals surface area contributed by atoms with E-state index in [0.29, 0.717) is 13.2 Å². The Morgan fingerprint density at radius 2 is 1.82 bits per heavy atom. The first-order chi connectivity index (χ1) is 8.08. The second-order valence-corrected chi connectivity index (χ2v) is 3.75. The maximum absolute atomic E-state index is 11.9. The second-order valence-electron chi connectivity index (χ2n) is 3.75. The van der Waals surface area contributed by atoms with E-state index in [4.69, 9.17) is 4.74 Å². The molecule has 0 heterocycles. The highest BCUT2D eigenvalue weighted by atomic mass is 19.3. The van der Waals surface area contributed by atoms with Gasteiger partial charge in [0.2, 0.25) is 0 Å². The predicted molar refractivity (Wildman–Crippen MR) is 62.7 cm³/mol. The zero-order valence-corrected chi connectivity index (χ0v) is 9.95. The van der Waals surface area contributed by atoms with Crippen LogP contribution < -0.4 is 10.1 Å². The minimum atomic E-state index is -2.78. The molecule has 0 amide bonds. The van der Waals surface area contributed by atoms with Crippen LogP contribution in [0.4, 0.5) is 14.5 Å². The van der Waals surface area contributed by atoms with Crippen LogP contribution in [0.1, 0.15) is 13.8 Å². The average Bonchev–Trinajstić information content (AvgIpc) is 2.25. The van der Waals surface area contributed by atoms with Gasteiger partial charge in [-0.15, -0.1) is 0 Å². The van der Waals surface area contributed by atoms with E-state index in [2.05, 4.69) is 10.1 Å². The third-order valence-electron chi connectivity index (χ3n) is 1.96. The summed E-state index contributed by atoms with van der Waals surface area (Å²) in [4.78, 5) is 0. The molecule has 0 unspecified atom stereocenters. The number of nitrogens with one attached hydrogen (secondary N) is 1. The van der Waals surface area contributed by atoms with Gasteiger partial charge >= 0.3 is 6.61 Å². The van der Waals surface area contributed by atoms with Crippen molar-refractivity contribution in [1.82, 2.24) is 0 Å². The van der Waals surface area contributed by atoms with Gasteiger partial charge in [0.25, 0.3) is 0 Å². The first kappa shape index (κ1) is 13.7. The normalized spacial score (nSPS) is 10.9. The highest BCUT2D eigenvalue weighted by molar-refractivity contribution is 5.46. The lowest BCUT2D eigenvalue weighted by Gasteiger charge is -2.10. The summed E-state index contributed by atoms with van der Waals surface area (Å²) in [6.07, 6.45) is 0.207. The molecule has 0 radical (unpaired) electrons. The van der Waals surface area contributed by atoms with E-state index in [1.807, 2.05) is 13.8 Å². The molecule has 0 spiro atoms. The number of hydrogen-bond acceptors (Lipinski definition) is 3. The first-order valence-corrected chi connectivity index (χ1v) is 5.48. The molecule has 0 saturated carbocycles. The maximum Gasteiger partial charge on any atom is 0.387 e. The summed E-state index contributed by atoms with van der Waals surface area (Å²) < 4.78 is 33.4. The van der Waals surface area contributed by atoms with Crippen LogP contribution in [0, 0.1) is 0 Å². The summed E-state index contributed by atoms with van der Waals surface area (Å²) >= 11 is 0. The Labute approximate surface area is 99.7 Å². The number of hydrogen-bond donors (Lipinski definition) is 1. The third-order valence-corrected chi connectivity index (χ3v) is 1.96. The average molecular weight is 245 g/mol. The van der Waals surface area contributed by atoms with E-state index in [9.17, 15) is 8.78 Å². The monoisotopic (exact) mass is 245 g/mol. The maximum atomic E-state index is 11.9. The number of halogens is 2. The summed E-state index contributed by atoms with van der Waals surface area (Å²) in [5, 5.41) is 3.11. The highest BCUT2D eigenvalue weighted by Gasteiger charge is 2.03. The Morgan fingerprint density at radius 3 is 2.35 bits per heavy atom. The Balaban J connectivity index is 2.30. The smallest absolute Gasteiger partial charge is 0.387 e. The summed E-state index contributed by atoms with van der Waals surface area (Å²) in [7, 11) is 0. The summed E-state index contributed by atoms with van der Waals surface area (Å²) in [6, 6.07) is 6.37. The van der Waals surface area contributed by atoms with Crippen molar-refractivity contribution in [1.29, 1.82) is 0 Å². The van der Waals surface area contributed by atoms with Gasteiger partial charge in [0.1, 0.15) is 5.75 Å². The highest BCUT2D eigenvalue weighted by Crippen LogP contribution is 2.17. The molecule has 17 heavy (non-hydrogen) atoms. The Bertz CT molecular complexity index is 315. The molecule has 3 nitrogen and oxygen atoms in total. The largest absolute Gasteiger partial charge is 0.435 e. The van der Waals surface area contributed by atoms with Crippen LogP contribution >= 0.6 is 0 Å². The molecule has 5 heteroatoms. The summed E-state index contributed by atoms with van der Waals surface area (Å²) in [5.74, 6) is 0.156. The molecule has 0 aliphatic heterocycles. The van der Waals surface area contributed by atoms with Gasteiger partial charge in [-0.05, 0) is 38.1 Å². The molecule has 0 aliphatic carbocycles. The Morgan fingerprint density at radius 1 is 1.18 bits per heavy atom. The molecule has 96 valence electrons. The molecular weight excluding hydrogens is 228 g/mol. The van der Waals surface area contributed by atoms with Gasteiger partial charge in [0, 0.05) is 12.2 Å². The van der Waals surface area contributed by atoms with Crippen LogP contribution in [0.5, 0.6) is 5.75 Å². The van der Waals surface area contributed by atoms with Crippen LogP contribution in [0.25, 0.3) is 0 Å². The Kier molecular flexibility index (Phi) is 5.69. The molecule has 0 fully saturated rings. The van der Waals surface area contributed by atoms with E-state index < -0.39 is 6.61 Å². The molecule has 1 aromatic carbocycles. The van der Waals surface area contributed by atoms with Crippen molar-refractivity contribution >= 4 is 5.69 Å². The third kappa shape index (κ3) is 6.06. The van der Waals surface area contributed by atoms with Crippen molar-refractivity contribution in [3.8, 4) is 5.75 Å². The number of ether oxygens (including phenoxy) is 2. The van der Waals surface area contributed by atoms with Crippen molar-refractivity contribution in [2.24, 2.45) is 0 Å². The van der Waals surface area contributed by atoms with E-state index in [1.54, 1.807) is 12.1 Å². The topological polar surface area (TPSA) is 30.5 Å². The van der Waals surface area contributed by atoms with Crippen molar-refractivity contribution < 1.29 is 18.3 Å². The number of rotatable bonds is 7. The molecule has 0 atom stereocenters. The van der Waals surface area contributed by atoms with Crippen LogP contribution in [0.3, 0.4) is 0 Å². The quantitative estimate of drug-likeness (QED) is 0.749. The van der Waals surface area contributed by atoms with E-state index >= 15 is 0 Å².